The fourth-order valence-electron chi connectivity index (χ4n) is 2.92. The zero-order chi connectivity index (χ0) is 14.2. The predicted octanol–water partition coefficient (Wildman–Crippen LogP) is 3.54. The molecule has 0 spiro atoms. The van der Waals surface area contributed by atoms with Crippen molar-refractivity contribution in [3.63, 3.8) is 0 Å². The van der Waals surface area contributed by atoms with Crippen LogP contribution in [0.5, 0.6) is 0 Å². The van der Waals surface area contributed by atoms with Crippen LogP contribution in [0.1, 0.15) is 35.4 Å². The summed E-state index contributed by atoms with van der Waals surface area (Å²) in [6.07, 6.45) is 0. The van der Waals surface area contributed by atoms with Crippen molar-refractivity contribution in [1.82, 2.24) is 10.1 Å². The summed E-state index contributed by atoms with van der Waals surface area (Å²) < 4.78 is 5.58. The zero-order valence-corrected chi connectivity index (χ0v) is 13.4. The minimum absolute atomic E-state index is 0.180. The molecular formula is C15H17N3OS2. The summed E-state index contributed by atoms with van der Waals surface area (Å²) >= 11 is 3.94. The van der Waals surface area contributed by atoms with Gasteiger partial charge in [-0.2, -0.15) is 16.7 Å². The van der Waals surface area contributed by atoms with Gasteiger partial charge in [-0.05, 0) is 11.6 Å². The number of para-hydroxylation sites is 1. The third-order valence-corrected chi connectivity index (χ3v) is 7.12. The first-order valence-electron chi connectivity index (χ1n) is 7.22. The van der Waals surface area contributed by atoms with Gasteiger partial charge in [-0.3, -0.25) is 0 Å². The quantitative estimate of drug-likeness (QED) is 0.914. The Morgan fingerprint density at radius 2 is 2.10 bits per heavy atom. The lowest BCUT2D eigenvalue weighted by atomic mass is 10.0. The van der Waals surface area contributed by atoms with E-state index in [-0.39, 0.29) is 5.92 Å². The smallest absolute Gasteiger partial charge is 0.236 e. The number of thioether (sulfide) groups is 2. The minimum Gasteiger partial charge on any atom is -0.384 e. The van der Waals surface area contributed by atoms with Gasteiger partial charge < -0.3 is 9.84 Å². The van der Waals surface area contributed by atoms with Crippen LogP contribution in [0.3, 0.4) is 0 Å². The van der Waals surface area contributed by atoms with Crippen molar-refractivity contribution in [2.45, 2.75) is 23.3 Å². The Hall–Kier alpha value is -1.14. The van der Waals surface area contributed by atoms with Crippen LogP contribution in [-0.4, -0.2) is 33.4 Å². The molecule has 1 aromatic heterocycles. The maximum Gasteiger partial charge on any atom is 0.236 e. The summed E-state index contributed by atoms with van der Waals surface area (Å²) in [4.78, 5) is 4.71. The third kappa shape index (κ3) is 2.44. The van der Waals surface area contributed by atoms with Crippen LogP contribution < -0.4 is 5.32 Å². The van der Waals surface area contributed by atoms with Gasteiger partial charge in [0.1, 0.15) is 0 Å². The molecule has 4 rings (SSSR count). The van der Waals surface area contributed by atoms with E-state index in [4.69, 9.17) is 9.51 Å². The molecule has 3 heterocycles. The van der Waals surface area contributed by atoms with Gasteiger partial charge >= 0.3 is 0 Å². The number of benzene rings is 1. The fourth-order valence-corrected chi connectivity index (χ4v) is 5.60. The number of nitrogens with one attached hydrogen (secondary N) is 1. The highest BCUT2D eigenvalue weighted by Crippen LogP contribution is 2.42. The highest BCUT2D eigenvalue weighted by atomic mass is 32.2. The minimum atomic E-state index is 0.180. The Kier molecular flexibility index (Phi) is 3.59. The van der Waals surface area contributed by atoms with Crippen LogP contribution >= 0.6 is 23.5 Å². The van der Waals surface area contributed by atoms with Gasteiger partial charge in [0.05, 0.1) is 11.2 Å². The lowest BCUT2D eigenvalue weighted by Crippen LogP contribution is -2.17. The largest absolute Gasteiger partial charge is 0.384 e. The molecule has 1 N–H and O–H groups in total. The van der Waals surface area contributed by atoms with Gasteiger partial charge in [-0.25, -0.2) is 0 Å². The van der Waals surface area contributed by atoms with Crippen molar-refractivity contribution in [2.75, 3.05) is 23.4 Å². The van der Waals surface area contributed by atoms with E-state index in [0.717, 1.165) is 24.0 Å². The molecule has 0 radical (unpaired) electrons. The van der Waals surface area contributed by atoms with Crippen LogP contribution in [0.4, 0.5) is 5.69 Å². The Bertz CT molecular complexity index is 645. The molecule has 110 valence electrons. The summed E-state index contributed by atoms with van der Waals surface area (Å²) in [6, 6.07) is 8.34. The SMILES string of the molecule is CC1SCCSC1c1noc(C2CNc3ccccc32)n1. The third-order valence-electron chi connectivity index (χ3n) is 4.03. The van der Waals surface area contributed by atoms with Gasteiger partial charge in [0, 0.05) is 29.0 Å². The Morgan fingerprint density at radius 1 is 1.24 bits per heavy atom. The maximum absolute atomic E-state index is 5.58. The Morgan fingerprint density at radius 3 is 3.00 bits per heavy atom. The molecule has 3 atom stereocenters. The molecule has 3 unspecified atom stereocenters. The van der Waals surface area contributed by atoms with Gasteiger partial charge in [0.2, 0.25) is 5.89 Å². The first kappa shape index (κ1) is 13.5. The van der Waals surface area contributed by atoms with E-state index in [1.165, 1.54) is 17.0 Å². The van der Waals surface area contributed by atoms with Gasteiger partial charge in [0.15, 0.2) is 5.82 Å². The van der Waals surface area contributed by atoms with Crippen LogP contribution in [-0.2, 0) is 0 Å². The lowest BCUT2D eigenvalue weighted by molar-refractivity contribution is 0.365. The molecule has 1 saturated heterocycles. The molecule has 0 amide bonds. The molecule has 0 saturated carbocycles. The molecular weight excluding hydrogens is 302 g/mol. The van der Waals surface area contributed by atoms with E-state index in [9.17, 15) is 0 Å². The summed E-state index contributed by atoms with van der Waals surface area (Å²) in [7, 11) is 0. The molecule has 1 fully saturated rings. The average Bonchev–Trinajstić information content (AvgIpc) is 3.14. The number of aromatic nitrogens is 2. The molecule has 21 heavy (non-hydrogen) atoms. The van der Waals surface area contributed by atoms with Crippen molar-refractivity contribution in [1.29, 1.82) is 0 Å². The van der Waals surface area contributed by atoms with Gasteiger partial charge in [0.25, 0.3) is 0 Å². The van der Waals surface area contributed by atoms with Crippen LogP contribution in [0.2, 0.25) is 0 Å². The van der Waals surface area contributed by atoms with Crippen LogP contribution in [0.25, 0.3) is 0 Å². The molecule has 6 heteroatoms. The van der Waals surface area contributed by atoms with E-state index in [2.05, 4.69) is 35.6 Å². The normalized spacial score (nSPS) is 28.1. The first-order chi connectivity index (χ1) is 10.3. The Labute approximate surface area is 132 Å². The number of nitrogens with zero attached hydrogens (tertiary/aromatic N) is 2. The van der Waals surface area contributed by atoms with Crippen LogP contribution in [0, 0.1) is 0 Å². The van der Waals surface area contributed by atoms with Crippen molar-refractivity contribution in [2.24, 2.45) is 0 Å². The molecule has 0 aliphatic carbocycles. The molecule has 2 aliphatic heterocycles. The lowest BCUT2D eigenvalue weighted by Gasteiger charge is -2.24. The van der Waals surface area contributed by atoms with Crippen molar-refractivity contribution >= 4 is 29.2 Å². The summed E-state index contributed by atoms with van der Waals surface area (Å²) in [6.45, 7) is 3.09. The number of hydrogen-bond donors (Lipinski definition) is 1. The number of hydrogen-bond acceptors (Lipinski definition) is 6. The molecule has 4 nitrogen and oxygen atoms in total. The number of fused-ring (bicyclic) bond motifs is 1. The molecule has 2 aromatic rings. The van der Waals surface area contributed by atoms with Crippen molar-refractivity contribution in [3.8, 4) is 0 Å². The summed E-state index contributed by atoms with van der Waals surface area (Å²) in [5, 5.41) is 8.57. The number of rotatable bonds is 2. The summed E-state index contributed by atoms with van der Waals surface area (Å²) in [5.74, 6) is 4.16. The van der Waals surface area contributed by atoms with Crippen molar-refractivity contribution < 1.29 is 4.52 Å². The Balaban J connectivity index is 1.61. The second-order valence-electron chi connectivity index (χ2n) is 5.38. The highest BCUT2D eigenvalue weighted by molar-refractivity contribution is 8.06. The fraction of sp³-hybridized carbons (Fsp3) is 0.467. The van der Waals surface area contributed by atoms with E-state index in [1.807, 2.05) is 29.6 Å². The maximum atomic E-state index is 5.58. The van der Waals surface area contributed by atoms with Gasteiger partial charge in [-0.15, -0.1) is 11.8 Å². The highest BCUT2D eigenvalue weighted by Gasteiger charge is 2.32. The molecule has 0 bridgehead atoms. The number of anilines is 1. The zero-order valence-electron chi connectivity index (χ0n) is 11.8. The second kappa shape index (κ2) is 5.57. The van der Waals surface area contributed by atoms with E-state index >= 15 is 0 Å². The second-order valence-corrected chi connectivity index (χ2v) is 8.11. The first-order valence-corrected chi connectivity index (χ1v) is 9.32. The van der Waals surface area contributed by atoms with Gasteiger partial charge in [-0.1, -0.05) is 30.3 Å². The van der Waals surface area contributed by atoms with Crippen molar-refractivity contribution in [3.05, 3.63) is 41.5 Å². The average molecular weight is 319 g/mol. The van der Waals surface area contributed by atoms with Crippen LogP contribution in [0.15, 0.2) is 28.8 Å². The topological polar surface area (TPSA) is 51.0 Å². The monoisotopic (exact) mass is 319 g/mol. The van der Waals surface area contributed by atoms with E-state index in [1.54, 1.807) is 0 Å². The standard InChI is InChI=1S/C15H17N3OS2/c1-9-13(21-7-6-20-9)14-17-15(19-18-14)11-8-16-12-5-3-2-4-10(11)12/h2-5,9,11,13,16H,6-8H2,1H3. The molecule has 2 aliphatic rings. The summed E-state index contributed by atoms with van der Waals surface area (Å²) in [5.41, 5.74) is 2.43. The van der Waals surface area contributed by atoms with E-state index in [0.29, 0.717) is 10.5 Å². The predicted molar refractivity (Wildman–Crippen MR) is 88.2 cm³/mol. The van der Waals surface area contributed by atoms with E-state index < -0.39 is 0 Å². The molecule has 1 aromatic carbocycles.